The Labute approximate surface area is 158 Å². The van der Waals surface area contributed by atoms with E-state index in [9.17, 15) is 9.18 Å². The third-order valence-corrected chi connectivity index (χ3v) is 3.61. The molecule has 0 atom stereocenters. The molecule has 0 aromatic carbocycles. The van der Waals surface area contributed by atoms with Crippen molar-refractivity contribution in [2.24, 2.45) is 0 Å². The van der Waals surface area contributed by atoms with Crippen molar-refractivity contribution < 1.29 is 13.9 Å². The molecule has 0 fully saturated rings. The van der Waals surface area contributed by atoms with Crippen LogP contribution >= 0.6 is 11.6 Å². The maximum absolute atomic E-state index is 13.1. The zero-order chi connectivity index (χ0) is 19.4. The molecule has 0 saturated heterocycles. The van der Waals surface area contributed by atoms with Gasteiger partial charge in [-0.1, -0.05) is 11.6 Å². The van der Waals surface area contributed by atoms with E-state index < -0.39 is 11.7 Å². The van der Waals surface area contributed by atoms with E-state index >= 15 is 0 Å². The lowest BCUT2D eigenvalue weighted by atomic mass is 10.2. The molecule has 27 heavy (non-hydrogen) atoms. The number of carbonyl (C=O) groups is 1. The molecule has 1 amide bonds. The first kappa shape index (κ1) is 18.4. The largest absolute Gasteiger partial charge is 0.492 e. The van der Waals surface area contributed by atoms with Gasteiger partial charge in [-0.05, 0) is 6.07 Å². The number of pyridine rings is 1. The van der Waals surface area contributed by atoms with Crippen LogP contribution in [0.25, 0.3) is 11.4 Å². The number of hydrogen-bond donors (Lipinski definition) is 2. The number of halogens is 2. The van der Waals surface area contributed by atoms with E-state index in [1.165, 1.54) is 26.4 Å². The summed E-state index contributed by atoms with van der Waals surface area (Å²) in [5.41, 5.74) is 0.774. The summed E-state index contributed by atoms with van der Waals surface area (Å²) in [7, 11) is 2.90. The molecular formula is C16H13ClFN7O2. The smallest absolute Gasteiger partial charge is 0.273 e. The van der Waals surface area contributed by atoms with Gasteiger partial charge < -0.3 is 15.4 Å². The minimum Gasteiger partial charge on any atom is -0.492 e. The van der Waals surface area contributed by atoms with Gasteiger partial charge in [0.25, 0.3) is 5.91 Å². The second-order valence-electron chi connectivity index (χ2n) is 5.10. The van der Waals surface area contributed by atoms with Gasteiger partial charge in [0.2, 0.25) is 0 Å². The standard InChI is InChI=1S/C16H13ClFN7O2/c1-19-16(26)12-10(5-11(17)24-25-12)23-15-13(27-2)9(3-4-20-15)14-21-6-8(18)7-22-14/h3-7H,1-2H3,(H,19,26)(H,20,23,24). The van der Waals surface area contributed by atoms with Crippen LogP contribution in [0.15, 0.2) is 30.7 Å². The Morgan fingerprint density at radius 1 is 1.22 bits per heavy atom. The maximum Gasteiger partial charge on any atom is 0.273 e. The fraction of sp³-hybridized carbons (Fsp3) is 0.125. The number of carbonyl (C=O) groups excluding carboxylic acids is 1. The van der Waals surface area contributed by atoms with Crippen LogP contribution in [0.2, 0.25) is 5.15 Å². The van der Waals surface area contributed by atoms with Crippen LogP contribution < -0.4 is 15.4 Å². The zero-order valence-electron chi connectivity index (χ0n) is 14.2. The first-order chi connectivity index (χ1) is 13.0. The highest BCUT2D eigenvalue weighted by atomic mass is 35.5. The molecule has 0 saturated carbocycles. The second-order valence-corrected chi connectivity index (χ2v) is 5.49. The summed E-state index contributed by atoms with van der Waals surface area (Å²) in [6.07, 6.45) is 3.58. The van der Waals surface area contributed by atoms with Gasteiger partial charge in [0.05, 0.1) is 30.8 Å². The number of rotatable bonds is 5. The van der Waals surface area contributed by atoms with Crippen molar-refractivity contribution in [3.63, 3.8) is 0 Å². The van der Waals surface area contributed by atoms with Crippen molar-refractivity contribution in [2.75, 3.05) is 19.5 Å². The van der Waals surface area contributed by atoms with E-state index in [1.807, 2.05) is 0 Å². The molecular weight excluding hydrogens is 377 g/mol. The lowest BCUT2D eigenvalue weighted by Crippen LogP contribution is -2.21. The van der Waals surface area contributed by atoms with Gasteiger partial charge >= 0.3 is 0 Å². The van der Waals surface area contributed by atoms with Crippen molar-refractivity contribution in [1.82, 2.24) is 30.5 Å². The Morgan fingerprint density at radius 3 is 2.63 bits per heavy atom. The first-order valence-corrected chi connectivity index (χ1v) is 7.94. The molecule has 138 valence electrons. The Bertz CT molecular complexity index is 985. The predicted molar refractivity (Wildman–Crippen MR) is 95.5 cm³/mol. The van der Waals surface area contributed by atoms with E-state index in [0.29, 0.717) is 11.3 Å². The molecule has 0 aliphatic carbocycles. The summed E-state index contributed by atoms with van der Waals surface area (Å²) >= 11 is 5.89. The van der Waals surface area contributed by atoms with Crippen molar-refractivity contribution >= 4 is 29.0 Å². The summed E-state index contributed by atoms with van der Waals surface area (Å²) in [5.74, 6) is -0.218. The van der Waals surface area contributed by atoms with Crippen molar-refractivity contribution in [3.05, 3.63) is 47.4 Å². The highest BCUT2D eigenvalue weighted by Crippen LogP contribution is 2.35. The fourth-order valence-corrected chi connectivity index (χ4v) is 2.40. The second kappa shape index (κ2) is 7.87. The van der Waals surface area contributed by atoms with Gasteiger partial charge in [0.1, 0.15) is 0 Å². The molecule has 3 aromatic heterocycles. The van der Waals surface area contributed by atoms with E-state index in [2.05, 4.69) is 35.8 Å². The molecule has 3 rings (SSSR count). The molecule has 9 nitrogen and oxygen atoms in total. The van der Waals surface area contributed by atoms with Gasteiger partial charge in [0, 0.05) is 19.3 Å². The van der Waals surface area contributed by atoms with E-state index in [-0.39, 0.29) is 28.2 Å². The van der Waals surface area contributed by atoms with E-state index in [1.54, 1.807) is 6.07 Å². The number of nitrogens with zero attached hydrogens (tertiary/aromatic N) is 5. The number of anilines is 2. The fourth-order valence-electron chi connectivity index (χ4n) is 2.25. The van der Waals surface area contributed by atoms with Crippen LogP contribution in [0.1, 0.15) is 10.5 Å². The Hall–Kier alpha value is -3.40. The van der Waals surface area contributed by atoms with Gasteiger partial charge in [-0.2, -0.15) is 0 Å². The lowest BCUT2D eigenvalue weighted by Gasteiger charge is -2.14. The van der Waals surface area contributed by atoms with Crippen LogP contribution in [-0.4, -0.2) is 45.2 Å². The van der Waals surface area contributed by atoms with Gasteiger partial charge in [-0.15, -0.1) is 10.2 Å². The van der Waals surface area contributed by atoms with Crippen LogP contribution in [-0.2, 0) is 0 Å². The Kier molecular flexibility index (Phi) is 5.36. The molecule has 3 heterocycles. The van der Waals surface area contributed by atoms with Crippen molar-refractivity contribution in [1.29, 1.82) is 0 Å². The first-order valence-electron chi connectivity index (χ1n) is 7.56. The number of ether oxygens (including phenoxy) is 1. The normalized spacial score (nSPS) is 10.4. The number of aromatic nitrogens is 5. The number of methoxy groups -OCH3 is 1. The van der Waals surface area contributed by atoms with Crippen LogP contribution in [0, 0.1) is 5.82 Å². The summed E-state index contributed by atoms with van der Waals surface area (Å²) < 4.78 is 18.5. The van der Waals surface area contributed by atoms with E-state index in [4.69, 9.17) is 16.3 Å². The topological polar surface area (TPSA) is 115 Å². The third-order valence-electron chi connectivity index (χ3n) is 3.43. The highest BCUT2D eigenvalue weighted by Gasteiger charge is 2.19. The van der Waals surface area contributed by atoms with Crippen LogP contribution in [0.3, 0.4) is 0 Å². The molecule has 0 aliphatic heterocycles. The summed E-state index contributed by atoms with van der Waals surface area (Å²) in [4.78, 5) is 24.1. The molecule has 0 spiro atoms. The summed E-state index contributed by atoms with van der Waals surface area (Å²) in [6, 6.07) is 3.05. The van der Waals surface area contributed by atoms with Crippen molar-refractivity contribution in [3.8, 4) is 17.1 Å². The Morgan fingerprint density at radius 2 is 1.96 bits per heavy atom. The molecule has 0 unspecified atom stereocenters. The molecule has 0 radical (unpaired) electrons. The van der Waals surface area contributed by atoms with Crippen molar-refractivity contribution in [2.45, 2.75) is 0 Å². The summed E-state index contributed by atoms with van der Waals surface area (Å²) in [5, 5.41) is 13.0. The molecule has 3 aromatic rings. The molecule has 0 aliphatic rings. The predicted octanol–water partition coefficient (Wildman–Crippen LogP) is 2.23. The molecule has 11 heteroatoms. The molecule has 2 N–H and O–H groups in total. The lowest BCUT2D eigenvalue weighted by molar-refractivity contribution is 0.0958. The zero-order valence-corrected chi connectivity index (χ0v) is 15.0. The number of amides is 1. The Balaban J connectivity index is 2.06. The minimum atomic E-state index is -0.558. The number of nitrogens with one attached hydrogen (secondary N) is 2. The quantitative estimate of drug-likeness (QED) is 0.682. The monoisotopic (exact) mass is 389 g/mol. The van der Waals surface area contributed by atoms with Gasteiger partial charge in [0.15, 0.2) is 34.1 Å². The minimum absolute atomic E-state index is 0.0224. The maximum atomic E-state index is 13.1. The average Bonchev–Trinajstić information content (AvgIpc) is 2.68. The van der Waals surface area contributed by atoms with Gasteiger partial charge in [-0.3, -0.25) is 4.79 Å². The molecule has 0 bridgehead atoms. The summed E-state index contributed by atoms with van der Waals surface area (Å²) in [6.45, 7) is 0. The van der Waals surface area contributed by atoms with Crippen LogP contribution in [0.4, 0.5) is 15.9 Å². The third kappa shape index (κ3) is 3.90. The van der Waals surface area contributed by atoms with E-state index in [0.717, 1.165) is 12.4 Å². The SMILES string of the molecule is CNC(=O)c1nnc(Cl)cc1Nc1nccc(-c2ncc(F)cn2)c1OC. The number of hydrogen-bond acceptors (Lipinski definition) is 8. The highest BCUT2D eigenvalue weighted by molar-refractivity contribution is 6.29. The van der Waals surface area contributed by atoms with Gasteiger partial charge in [-0.25, -0.2) is 19.3 Å². The van der Waals surface area contributed by atoms with Crippen LogP contribution in [0.5, 0.6) is 5.75 Å². The average molecular weight is 390 g/mol.